The topological polar surface area (TPSA) is 66.6 Å². The Bertz CT molecular complexity index is 885. The maximum atomic E-state index is 13.6. The molecule has 0 spiro atoms. The Morgan fingerprint density at radius 2 is 1.93 bits per heavy atom. The van der Waals surface area contributed by atoms with Gasteiger partial charge in [-0.15, -0.1) is 5.06 Å². The number of piperidine rings is 1. The van der Waals surface area contributed by atoms with Gasteiger partial charge in [-0.2, -0.15) is 4.94 Å². The van der Waals surface area contributed by atoms with E-state index in [1.54, 1.807) is 0 Å². The summed E-state index contributed by atoms with van der Waals surface area (Å²) in [6.45, 7) is 2.61. The van der Waals surface area contributed by atoms with Gasteiger partial charge in [0.15, 0.2) is 0 Å². The highest BCUT2D eigenvalue weighted by atomic mass is 19.1. The minimum absolute atomic E-state index is 0.00315. The van der Waals surface area contributed by atoms with Gasteiger partial charge in [0, 0.05) is 36.5 Å². The third-order valence-corrected chi connectivity index (χ3v) is 5.71. The summed E-state index contributed by atoms with van der Waals surface area (Å²) in [5.41, 5.74) is 10.3. The van der Waals surface area contributed by atoms with Gasteiger partial charge in [-0.25, -0.2) is 9.45 Å². The fourth-order valence-electron chi connectivity index (χ4n) is 4.56. The van der Waals surface area contributed by atoms with E-state index in [2.05, 4.69) is 10.3 Å². The van der Waals surface area contributed by atoms with E-state index in [0.29, 0.717) is 6.54 Å². The number of pyridine rings is 1. The molecular weight excluding hydrogens is 357 g/mol. The highest BCUT2D eigenvalue weighted by molar-refractivity contribution is 5.93. The molecule has 4 heterocycles. The van der Waals surface area contributed by atoms with Crippen molar-refractivity contribution in [2.24, 2.45) is 11.7 Å². The second-order valence-corrected chi connectivity index (χ2v) is 7.80. The van der Waals surface area contributed by atoms with Crippen molar-refractivity contribution in [1.29, 1.82) is 0 Å². The van der Waals surface area contributed by atoms with Crippen LogP contribution in [0.15, 0.2) is 48.8 Å². The normalized spacial score (nSPS) is 28.0. The zero-order chi connectivity index (χ0) is 19.3. The zero-order valence-corrected chi connectivity index (χ0v) is 15.8. The van der Waals surface area contributed by atoms with E-state index < -0.39 is 0 Å². The van der Waals surface area contributed by atoms with E-state index in [0.717, 1.165) is 29.7 Å². The summed E-state index contributed by atoms with van der Waals surface area (Å²) in [5, 5.41) is 7.61. The van der Waals surface area contributed by atoms with Crippen LogP contribution >= 0.6 is 0 Å². The number of nitrogens with zero attached hydrogens (tertiary/aromatic N) is 3. The maximum absolute atomic E-state index is 13.6. The number of fused-ring (bicyclic) bond motifs is 1. The summed E-state index contributed by atoms with van der Waals surface area (Å²) in [6.07, 6.45) is 5.84. The van der Waals surface area contributed by atoms with Crippen molar-refractivity contribution in [3.05, 3.63) is 65.7 Å². The van der Waals surface area contributed by atoms with Crippen LogP contribution < -0.4 is 11.1 Å². The molecule has 0 radical (unpaired) electrons. The molecule has 3 unspecified atom stereocenters. The van der Waals surface area contributed by atoms with Crippen molar-refractivity contribution >= 4 is 11.3 Å². The molecule has 2 fully saturated rings. The maximum Gasteiger partial charge on any atom is 0.123 e. The van der Waals surface area contributed by atoms with Crippen LogP contribution in [0.1, 0.15) is 30.9 Å². The molecule has 0 saturated carbocycles. The Balaban J connectivity index is 1.64. The molecule has 28 heavy (non-hydrogen) atoms. The van der Waals surface area contributed by atoms with E-state index >= 15 is 0 Å². The molecule has 4 atom stereocenters. The summed E-state index contributed by atoms with van der Waals surface area (Å²) >= 11 is 0. The highest BCUT2D eigenvalue weighted by Crippen LogP contribution is 2.50. The van der Waals surface area contributed by atoms with Gasteiger partial charge >= 0.3 is 0 Å². The van der Waals surface area contributed by atoms with Crippen LogP contribution in [0.25, 0.3) is 11.3 Å². The van der Waals surface area contributed by atoms with Crippen LogP contribution in [0, 0.1) is 11.7 Å². The molecule has 3 aliphatic rings. The summed E-state index contributed by atoms with van der Waals surface area (Å²) in [6, 6.07) is 10.7. The Hall–Kier alpha value is -2.32. The number of aromatic nitrogens is 1. The smallest absolute Gasteiger partial charge is 0.123 e. The average Bonchev–Trinajstić information content (AvgIpc) is 3.05. The SMILES string of the molecule is C[C@H](N)CN1ON2C(c3ccc(F)cc3)=C(c3ccncc3)C3CCC1NC32. The van der Waals surface area contributed by atoms with Crippen molar-refractivity contribution < 1.29 is 9.33 Å². The molecule has 7 heteroatoms. The average molecular weight is 381 g/mol. The lowest BCUT2D eigenvalue weighted by atomic mass is 9.85. The van der Waals surface area contributed by atoms with Gasteiger partial charge < -0.3 is 5.73 Å². The second-order valence-electron chi connectivity index (χ2n) is 7.80. The predicted molar refractivity (Wildman–Crippen MR) is 104 cm³/mol. The van der Waals surface area contributed by atoms with Gasteiger partial charge in [0.2, 0.25) is 0 Å². The highest BCUT2D eigenvalue weighted by Gasteiger charge is 2.51. The largest absolute Gasteiger partial charge is 0.327 e. The molecule has 146 valence electrons. The lowest BCUT2D eigenvalue weighted by Crippen LogP contribution is -2.66. The first-order valence-electron chi connectivity index (χ1n) is 9.78. The number of hydrogen-bond acceptors (Lipinski definition) is 6. The van der Waals surface area contributed by atoms with Crippen LogP contribution in [-0.4, -0.2) is 40.0 Å². The second kappa shape index (κ2) is 6.93. The van der Waals surface area contributed by atoms with Gasteiger partial charge in [0.05, 0.1) is 11.9 Å². The van der Waals surface area contributed by atoms with E-state index in [9.17, 15) is 4.39 Å². The molecule has 2 saturated heterocycles. The molecule has 0 amide bonds. The molecular formula is C21H24FN5O. The third-order valence-electron chi connectivity index (χ3n) is 5.71. The van der Waals surface area contributed by atoms with Crippen molar-refractivity contribution in [3.8, 4) is 0 Å². The Labute approximate surface area is 163 Å². The molecule has 6 nitrogen and oxygen atoms in total. The molecule has 2 aromatic rings. The lowest BCUT2D eigenvalue weighted by molar-refractivity contribution is -0.373. The number of hydroxylamine groups is 4. The third kappa shape index (κ3) is 2.91. The minimum atomic E-state index is -0.249. The Kier molecular flexibility index (Phi) is 4.40. The molecule has 5 rings (SSSR count). The number of rotatable bonds is 4. The fraction of sp³-hybridized carbons (Fsp3) is 0.381. The summed E-state index contributed by atoms with van der Waals surface area (Å²) in [7, 11) is 0. The number of hydrogen-bond donors (Lipinski definition) is 2. The Morgan fingerprint density at radius 1 is 1.18 bits per heavy atom. The van der Waals surface area contributed by atoms with Crippen molar-refractivity contribution in [2.45, 2.75) is 38.1 Å². The molecule has 1 aromatic carbocycles. The van der Waals surface area contributed by atoms with E-state index in [1.165, 1.54) is 17.7 Å². The van der Waals surface area contributed by atoms with Crippen LogP contribution in [0.3, 0.4) is 0 Å². The first kappa shape index (κ1) is 17.8. The van der Waals surface area contributed by atoms with Crippen LogP contribution in [0.5, 0.6) is 0 Å². The zero-order valence-electron chi connectivity index (χ0n) is 15.8. The molecule has 3 N–H and O–H groups in total. The van der Waals surface area contributed by atoms with E-state index in [1.807, 2.05) is 53.7 Å². The van der Waals surface area contributed by atoms with Crippen LogP contribution in [-0.2, 0) is 4.94 Å². The van der Waals surface area contributed by atoms with E-state index in [-0.39, 0.29) is 30.1 Å². The fourth-order valence-corrected chi connectivity index (χ4v) is 4.56. The molecule has 0 aliphatic carbocycles. The van der Waals surface area contributed by atoms with Crippen molar-refractivity contribution in [1.82, 2.24) is 20.4 Å². The lowest BCUT2D eigenvalue weighted by Gasteiger charge is -2.49. The van der Waals surface area contributed by atoms with Gasteiger partial charge in [-0.3, -0.25) is 10.3 Å². The van der Waals surface area contributed by atoms with E-state index in [4.69, 9.17) is 10.7 Å². The van der Waals surface area contributed by atoms with Gasteiger partial charge in [-0.1, -0.05) is 0 Å². The van der Waals surface area contributed by atoms with Gasteiger partial charge in [0.25, 0.3) is 0 Å². The number of benzene rings is 1. The van der Waals surface area contributed by atoms with Crippen LogP contribution in [0.4, 0.5) is 4.39 Å². The molecule has 2 bridgehead atoms. The first-order chi connectivity index (χ1) is 13.6. The predicted octanol–water partition coefficient (Wildman–Crippen LogP) is 2.57. The van der Waals surface area contributed by atoms with Crippen LogP contribution in [0.2, 0.25) is 0 Å². The first-order valence-corrected chi connectivity index (χ1v) is 9.78. The van der Waals surface area contributed by atoms with Gasteiger partial charge in [-0.05, 0) is 67.3 Å². The van der Waals surface area contributed by atoms with Crippen molar-refractivity contribution in [2.75, 3.05) is 6.54 Å². The molecule has 3 aliphatic heterocycles. The minimum Gasteiger partial charge on any atom is -0.327 e. The monoisotopic (exact) mass is 381 g/mol. The number of halogens is 1. The van der Waals surface area contributed by atoms with Crippen molar-refractivity contribution in [3.63, 3.8) is 0 Å². The van der Waals surface area contributed by atoms with Gasteiger partial charge in [0.1, 0.15) is 12.0 Å². The summed E-state index contributed by atoms with van der Waals surface area (Å²) in [5.74, 6) is 0.0395. The number of nitrogens with one attached hydrogen (secondary N) is 1. The standard InChI is InChI=1S/C21H24FN5O/c1-13(23)12-26-18-7-6-17-19(14-8-10-24-11-9-14)20(27(28-26)21(17)25-18)15-2-4-16(22)5-3-15/h2-5,8-11,13,17-18,21,25H,6-7,12,23H2,1H3/t13-,17?,18?,21?/m0/s1. The number of nitrogens with two attached hydrogens (primary N) is 1. The summed E-state index contributed by atoms with van der Waals surface area (Å²) < 4.78 is 13.6. The quantitative estimate of drug-likeness (QED) is 0.849. The Morgan fingerprint density at radius 3 is 2.64 bits per heavy atom. The summed E-state index contributed by atoms with van der Waals surface area (Å²) in [4.78, 5) is 10.5. The molecule has 1 aromatic heterocycles.